The number of carbonyl (C=O) groups excluding carboxylic acids is 1. The smallest absolute Gasteiger partial charge is 0.220 e. The van der Waals surface area contributed by atoms with Gasteiger partial charge in [-0.05, 0) is 42.5 Å². The number of hydrogen-bond donors (Lipinski definition) is 1. The molecule has 0 radical (unpaired) electrons. The van der Waals surface area contributed by atoms with Crippen molar-refractivity contribution < 1.29 is 9.53 Å². The van der Waals surface area contributed by atoms with Crippen molar-refractivity contribution in [1.29, 1.82) is 0 Å². The predicted octanol–water partition coefficient (Wildman–Crippen LogP) is 3.57. The lowest BCUT2D eigenvalue weighted by molar-refractivity contribution is -0.122. The molecular formula is C21H26N4O2. The summed E-state index contributed by atoms with van der Waals surface area (Å²) in [4.78, 5) is 12.6. The number of pyridine rings is 1. The molecule has 0 aliphatic carbocycles. The number of nitrogens with one attached hydrogen (secondary N) is 1. The Morgan fingerprint density at radius 2 is 1.93 bits per heavy atom. The number of methoxy groups -OCH3 is 1. The Morgan fingerprint density at radius 1 is 1.15 bits per heavy atom. The number of ether oxygens (including phenoxy) is 1. The van der Waals surface area contributed by atoms with Gasteiger partial charge >= 0.3 is 0 Å². The zero-order valence-corrected chi connectivity index (χ0v) is 16.1. The highest BCUT2D eigenvalue weighted by atomic mass is 16.5. The van der Waals surface area contributed by atoms with Gasteiger partial charge in [-0.2, -0.15) is 0 Å². The van der Waals surface area contributed by atoms with Crippen LogP contribution in [-0.4, -0.2) is 27.6 Å². The third-order valence-corrected chi connectivity index (χ3v) is 4.51. The molecule has 3 aromatic rings. The van der Waals surface area contributed by atoms with Gasteiger partial charge in [-0.15, -0.1) is 10.2 Å². The van der Waals surface area contributed by atoms with Crippen molar-refractivity contribution in [2.24, 2.45) is 5.92 Å². The Bertz CT molecular complexity index is 904. The Labute approximate surface area is 159 Å². The summed E-state index contributed by atoms with van der Waals surface area (Å²) in [6.45, 7) is 4.27. The number of hydrogen-bond acceptors (Lipinski definition) is 4. The number of para-hydroxylation sites is 1. The molecule has 0 saturated carbocycles. The van der Waals surface area contributed by atoms with Crippen LogP contribution in [0, 0.1) is 5.92 Å². The van der Waals surface area contributed by atoms with Crippen LogP contribution < -0.4 is 10.1 Å². The summed E-state index contributed by atoms with van der Waals surface area (Å²) in [6.07, 6.45) is 3.76. The third kappa shape index (κ3) is 4.64. The van der Waals surface area contributed by atoms with Crippen molar-refractivity contribution in [2.75, 3.05) is 7.11 Å². The number of benzene rings is 1. The zero-order valence-electron chi connectivity index (χ0n) is 16.1. The normalized spacial score (nSPS) is 12.3. The second-order valence-electron chi connectivity index (χ2n) is 7.05. The van der Waals surface area contributed by atoms with E-state index in [1.165, 1.54) is 0 Å². The number of fused-ring (bicyclic) bond motifs is 1. The van der Waals surface area contributed by atoms with Gasteiger partial charge in [-0.1, -0.05) is 38.1 Å². The quantitative estimate of drug-likeness (QED) is 0.662. The molecular weight excluding hydrogens is 340 g/mol. The highest BCUT2D eigenvalue weighted by Crippen LogP contribution is 2.22. The van der Waals surface area contributed by atoms with Crippen LogP contribution in [0.5, 0.6) is 5.75 Å². The lowest BCUT2D eigenvalue weighted by Crippen LogP contribution is -2.31. The first-order valence-corrected chi connectivity index (χ1v) is 9.29. The van der Waals surface area contributed by atoms with Crippen LogP contribution in [0.25, 0.3) is 5.65 Å². The van der Waals surface area contributed by atoms with Gasteiger partial charge in [0.15, 0.2) is 11.5 Å². The number of aromatic nitrogens is 3. The summed E-state index contributed by atoms with van der Waals surface area (Å²) in [5.74, 6) is 2.00. The van der Waals surface area contributed by atoms with Crippen molar-refractivity contribution in [2.45, 2.75) is 39.2 Å². The van der Waals surface area contributed by atoms with Gasteiger partial charge in [-0.25, -0.2) is 0 Å². The van der Waals surface area contributed by atoms with E-state index in [1.807, 2.05) is 53.1 Å². The minimum absolute atomic E-state index is 0.000706. The van der Waals surface area contributed by atoms with Gasteiger partial charge in [0, 0.05) is 12.6 Å². The van der Waals surface area contributed by atoms with E-state index < -0.39 is 0 Å². The predicted molar refractivity (Wildman–Crippen MR) is 105 cm³/mol. The molecule has 3 rings (SSSR count). The number of rotatable bonds is 8. The average Bonchev–Trinajstić information content (AvgIpc) is 3.10. The first-order chi connectivity index (χ1) is 13.1. The molecule has 0 aliphatic rings. The summed E-state index contributed by atoms with van der Waals surface area (Å²) in [7, 11) is 1.65. The van der Waals surface area contributed by atoms with Gasteiger partial charge in [0.25, 0.3) is 0 Å². The molecule has 1 atom stereocenters. The van der Waals surface area contributed by atoms with Crippen LogP contribution in [0.1, 0.15) is 44.1 Å². The maximum absolute atomic E-state index is 12.6. The Morgan fingerprint density at radius 3 is 2.70 bits per heavy atom. The zero-order chi connectivity index (χ0) is 19.2. The molecule has 0 spiro atoms. The number of nitrogens with zero attached hydrogens (tertiary/aromatic N) is 3. The number of carbonyl (C=O) groups is 1. The Hall–Kier alpha value is -2.89. The fourth-order valence-corrected chi connectivity index (χ4v) is 3.22. The van der Waals surface area contributed by atoms with Gasteiger partial charge < -0.3 is 10.1 Å². The van der Waals surface area contributed by atoms with E-state index in [4.69, 9.17) is 4.74 Å². The first-order valence-electron chi connectivity index (χ1n) is 9.29. The van der Waals surface area contributed by atoms with Crippen LogP contribution in [0.15, 0.2) is 48.7 Å². The van der Waals surface area contributed by atoms with Crippen LogP contribution >= 0.6 is 0 Å². The average molecular weight is 366 g/mol. The molecule has 0 saturated heterocycles. The monoisotopic (exact) mass is 366 g/mol. The number of amides is 1. The van der Waals surface area contributed by atoms with Gasteiger partial charge in [0.05, 0.1) is 13.2 Å². The molecule has 2 aromatic heterocycles. The van der Waals surface area contributed by atoms with Crippen molar-refractivity contribution in [3.63, 3.8) is 0 Å². The Balaban J connectivity index is 1.72. The van der Waals surface area contributed by atoms with Gasteiger partial charge in [0.1, 0.15) is 5.75 Å². The van der Waals surface area contributed by atoms with E-state index >= 15 is 0 Å². The van der Waals surface area contributed by atoms with E-state index in [2.05, 4.69) is 29.4 Å². The van der Waals surface area contributed by atoms with E-state index in [0.29, 0.717) is 18.8 Å². The standard InChI is InChI=1S/C21H26N4O2/c1-15(2)14-17(21-24-23-19-10-6-7-13-25(19)21)22-20(26)12-11-16-8-4-5-9-18(16)27-3/h4-10,13,15,17H,11-12,14H2,1-3H3,(H,22,26)/t17-/m0/s1. The lowest BCUT2D eigenvalue weighted by Gasteiger charge is -2.19. The molecule has 0 aliphatic heterocycles. The molecule has 6 heteroatoms. The van der Waals surface area contributed by atoms with Crippen molar-refractivity contribution in [3.8, 4) is 5.75 Å². The largest absolute Gasteiger partial charge is 0.496 e. The topological polar surface area (TPSA) is 68.5 Å². The van der Waals surface area contributed by atoms with Gasteiger partial charge in [0.2, 0.25) is 5.91 Å². The van der Waals surface area contributed by atoms with Crippen molar-refractivity contribution >= 4 is 11.6 Å². The molecule has 1 amide bonds. The fourth-order valence-electron chi connectivity index (χ4n) is 3.22. The van der Waals surface area contributed by atoms with Crippen LogP contribution in [0.3, 0.4) is 0 Å². The molecule has 142 valence electrons. The van der Waals surface area contributed by atoms with E-state index in [-0.39, 0.29) is 11.9 Å². The van der Waals surface area contributed by atoms with E-state index in [0.717, 1.165) is 29.2 Å². The summed E-state index contributed by atoms with van der Waals surface area (Å²) >= 11 is 0. The second kappa shape index (κ2) is 8.66. The molecule has 1 aromatic carbocycles. The summed E-state index contributed by atoms with van der Waals surface area (Å²) < 4.78 is 7.30. The van der Waals surface area contributed by atoms with E-state index in [9.17, 15) is 4.79 Å². The minimum Gasteiger partial charge on any atom is -0.496 e. The van der Waals surface area contributed by atoms with Crippen molar-refractivity contribution in [1.82, 2.24) is 19.9 Å². The molecule has 2 heterocycles. The Kier molecular flexibility index (Phi) is 6.06. The lowest BCUT2D eigenvalue weighted by atomic mass is 10.0. The van der Waals surface area contributed by atoms with Crippen LogP contribution in [-0.2, 0) is 11.2 Å². The van der Waals surface area contributed by atoms with Crippen LogP contribution in [0.4, 0.5) is 0 Å². The molecule has 0 unspecified atom stereocenters. The molecule has 6 nitrogen and oxygen atoms in total. The molecule has 0 bridgehead atoms. The second-order valence-corrected chi connectivity index (χ2v) is 7.05. The SMILES string of the molecule is COc1ccccc1CCC(=O)N[C@@H](CC(C)C)c1nnc2ccccn12. The summed E-state index contributed by atoms with van der Waals surface area (Å²) in [5.41, 5.74) is 1.81. The summed E-state index contributed by atoms with van der Waals surface area (Å²) in [6, 6.07) is 13.4. The fraction of sp³-hybridized carbons (Fsp3) is 0.381. The number of aryl methyl sites for hydroxylation is 1. The minimum atomic E-state index is -0.174. The molecule has 0 fully saturated rings. The maximum atomic E-state index is 12.6. The molecule has 1 N–H and O–H groups in total. The molecule has 27 heavy (non-hydrogen) atoms. The van der Waals surface area contributed by atoms with Crippen molar-refractivity contribution in [3.05, 3.63) is 60.0 Å². The highest BCUT2D eigenvalue weighted by molar-refractivity contribution is 5.76. The first kappa shape index (κ1) is 18.9. The summed E-state index contributed by atoms with van der Waals surface area (Å²) in [5, 5.41) is 11.7. The van der Waals surface area contributed by atoms with Crippen LogP contribution in [0.2, 0.25) is 0 Å². The van der Waals surface area contributed by atoms with Gasteiger partial charge in [-0.3, -0.25) is 9.20 Å². The van der Waals surface area contributed by atoms with E-state index in [1.54, 1.807) is 7.11 Å². The third-order valence-electron chi connectivity index (χ3n) is 4.51. The maximum Gasteiger partial charge on any atom is 0.220 e. The highest BCUT2D eigenvalue weighted by Gasteiger charge is 2.21.